The first-order valence-corrected chi connectivity index (χ1v) is 29.0. The Kier molecular flexibility index (Phi) is 20.4. The largest absolute Gasteiger partial charge is 0.438 e. The lowest BCUT2D eigenvalue weighted by molar-refractivity contribution is -0.0510. The van der Waals surface area contributed by atoms with Crippen molar-refractivity contribution in [3.8, 4) is 40.6 Å². The molecule has 0 saturated heterocycles. The number of pyridine rings is 3. The van der Waals surface area contributed by atoms with Crippen molar-refractivity contribution in [2.45, 2.75) is 34.3 Å². The minimum Gasteiger partial charge on any atom is -0.438 e. The third kappa shape index (κ3) is 16.7. The molecule has 9 aromatic carbocycles. The van der Waals surface area contributed by atoms with Crippen LogP contribution in [0.4, 0.5) is 39.0 Å². The summed E-state index contributed by atoms with van der Waals surface area (Å²) < 4.78 is 88.2. The highest BCUT2D eigenvalue weighted by molar-refractivity contribution is 6.10. The van der Waals surface area contributed by atoms with E-state index in [9.17, 15) is 50.7 Å². The number of anilines is 3. The van der Waals surface area contributed by atoms with Gasteiger partial charge in [0.2, 0.25) is 17.6 Å². The minimum atomic E-state index is -3.04. The van der Waals surface area contributed by atoms with Gasteiger partial charge in [0.1, 0.15) is 34.1 Å². The second-order valence-corrected chi connectivity index (χ2v) is 21.0. The number of aryl methyl sites for hydroxylation is 1. The Bertz CT molecular complexity index is 4700. The summed E-state index contributed by atoms with van der Waals surface area (Å²) in [6, 6.07) is 58.8. The number of alkyl halides is 2. The molecule has 0 fully saturated rings. The van der Waals surface area contributed by atoms with Gasteiger partial charge in [0.05, 0.1) is 16.6 Å². The number of hydrogen-bond donors (Lipinski definition) is 3. The van der Waals surface area contributed by atoms with Crippen LogP contribution in [0.2, 0.25) is 0 Å². The van der Waals surface area contributed by atoms with E-state index in [1.807, 2.05) is 24.3 Å². The van der Waals surface area contributed by atoms with Crippen LogP contribution < -0.4 is 34.9 Å². The standard InChI is InChI=1S/C25H18F2N2O4.C25H19FN2O3.C24H16F2N2O3/c1-15(30)16-10-12-18(13-11-16)28-23(31)19-14-17-6-2-3-7-20(17)29-24(19)32-21-8-4-5-9-22(21)33-25(26)27;1-15-13-19(26)9-12-23(15)31-25-21(14-18-5-3-4-6-22(18)28-25)24(30)27-20-10-7-17(8-11-20)16(2)29;1-14(29)15-6-9-18(10-7-15)27-23(30)19-12-16-4-2-3-5-21(16)28-24(19)31-22-11-8-17(25)13-20(22)26/h2-14,25H,1H3,(H,28,31);3-14H,1-2H3,(H,27,30);2-13H,1H3,(H,27,30). The molecule has 95 heavy (non-hydrogen) atoms. The molecule has 0 aliphatic carbocycles. The van der Waals surface area contributed by atoms with Crippen LogP contribution in [0.15, 0.2) is 224 Å². The number of hydrogen-bond acceptors (Lipinski definition) is 13. The molecule has 474 valence electrons. The average molecular weight is 1280 g/mol. The number of fused-ring (bicyclic) bond motifs is 3. The van der Waals surface area contributed by atoms with Gasteiger partial charge in [-0.05, 0) is 185 Å². The van der Waals surface area contributed by atoms with E-state index < -0.39 is 36.0 Å². The van der Waals surface area contributed by atoms with Crippen molar-refractivity contribution in [1.82, 2.24) is 15.0 Å². The number of nitrogens with one attached hydrogen (secondary N) is 3. The molecule has 0 atom stereocenters. The molecule has 12 rings (SSSR count). The van der Waals surface area contributed by atoms with Gasteiger partial charge in [0.25, 0.3) is 17.7 Å². The molecule has 16 nitrogen and oxygen atoms in total. The van der Waals surface area contributed by atoms with Gasteiger partial charge in [-0.3, -0.25) is 28.8 Å². The van der Waals surface area contributed by atoms with E-state index in [-0.39, 0.29) is 74.7 Å². The summed E-state index contributed by atoms with van der Waals surface area (Å²) in [7, 11) is 0. The van der Waals surface area contributed by atoms with Crippen LogP contribution >= 0.6 is 0 Å². The molecule has 21 heteroatoms. The summed E-state index contributed by atoms with van der Waals surface area (Å²) in [6.45, 7) is 3.06. The summed E-state index contributed by atoms with van der Waals surface area (Å²) >= 11 is 0. The van der Waals surface area contributed by atoms with Crippen LogP contribution in [0.3, 0.4) is 0 Å². The zero-order chi connectivity index (χ0) is 67.3. The smallest absolute Gasteiger partial charge is 0.387 e. The van der Waals surface area contributed by atoms with Crippen LogP contribution in [-0.2, 0) is 0 Å². The Hall–Kier alpha value is -12.5. The van der Waals surface area contributed by atoms with Gasteiger partial charge < -0.3 is 34.9 Å². The number of carbonyl (C=O) groups excluding carboxylic acids is 6. The molecule has 3 aromatic heterocycles. The lowest BCUT2D eigenvalue weighted by Crippen LogP contribution is -2.14. The van der Waals surface area contributed by atoms with Crippen molar-refractivity contribution in [3.63, 3.8) is 0 Å². The number of amides is 3. The second kappa shape index (κ2) is 29.6. The van der Waals surface area contributed by atoms with E-state index in [2.05, 4.69) is 35.6 Å². The van der Waals surface area contributed by atoms with Gasteiger partial charge in [-0.2, -0.15) is 8.78 Å². The van der Waals surface area contributed by atoms with Crippen molar-refractivity contribution in [2.24, 2.45) is 0 Å². The number of carbonyl (C=O) groups is 6. The molecule has 0 radical (unpaired) electrons. The number of aromatic nitrogens is 3. The van der Waals surface area contributed by atoms with Gasteiger partial charge in [-0.15, -0.1) is 0 Å². The summed E-state index contributed by atoms with van der Waals surface area (Å²) in [5, 5.41) is 10.4. The van der Waals surface area contributed by atoms with E-state index in [1.54, 1.807) is 153 Å². The number of ether oxygens (including phenoxy) is 4. The highest BCUT2D eigenvalue weighted by Crippen LogP contribution is 2.36. The normalized spacial score (nSPS) is 10.7. The van der Waals surface area contributed by atoms with E-state index >= 15 is 0 Å². The number of halogens is 5. The van der Waals surface area contributed by atoms with Crippen LogP contribution in [0.25, 0.3) is 32.7 Å². The third-order valence-corrected chi connectivity index (χ3v) is 14.2. The SMILES string of the molecule is CC(=O)c1ccc(NC(=O)c2cc3ccccc3nc2Oc2ccc(F)cc2C)cc1.CC(=O)c1ccc(NC(=O)c2cc3ccccc3nc2Oc2ccc(F)cc2F)cc1.CC(=O)c1ccc(NC(=O)c2cc3ccccc3nc2Oc2ccccc2OC(F)F)cc1. The van der Waals surface area contributed by atoms with Crippen LogP contribution in [0.1, 0.15) is 88.5 Å². The lowest BCUT2D eigenvalue weighted by atomic mass is 10.1. The van der Waals surface area contributed by atoms with Gasteiger partial charge in [-0.25, -0.2) is 28.1 Å². The van der Waals surface area contributed by atoms with Crippen molar-refractivity contribution < 1.29 is 69.7 Å². The molecular weight excluding hydrogens is 1230 g/mol. The molecule has 0 saturated carbocycles. The molecule has 0 unspecified atom stereocenters. The fourth-order valence-corrected chi connectivity index (χ4v) is 9.30. The first-order valence-electron chi connectivity index (χ1n) is 29.0. The number of Topliss-reactive ketones (excluding diaryl/α,β-unsaturated/α-hetero) is 3. The Morgan fingerprint density at radius 3 is 1.05 bits per heavy atom. The topological polar surface area (TPSA) is 214 Å². The van der Waals surface area contributed by atoms with Crippen LogP contribution in [-0.4, -0.2) is 56.6 Å². The molecule has 3 N–H and O–H groups in total. The number of ketones is 3. The summed E-state index contributed by atoms with van der Waals surface area (Å²) in [5.41, 5.74) is 5.79. The first kappa shape index (κ1) is 65.4. The Balaban J connectivity index is 0.000000155. The van der Waals surface area contributed by atoms with Crippen molar-refractivity contribution >= 4 is 84.8 Å². The first-order chi connectivity index (χ1) is 45.7. The number of nitrogens with zero attached hydrogens (tertiary/aromatic N) is 3. The number of para-hydroxylation sites is 5. The Morgan fingerprint density at radius 2 is 0.695 bits per heavy atom. The molecule has 12 aromatic rings. The average Bonchev–Trinajstić information content (AvgIpc) is 0.877. The molecule has 0 spiro atoms. The van der Waals surface area contributed by atoms with Crippen molar-refractivity contribution in [3.05, 3.63) is 281 Å². The second-order valence-electron chi connectivity index (χ2n) is 21.0. The predicted molar refractivity (Wildman–Crippen MR) is 349 cm³/mol. The monoisotopic (exact) mass is 1280 g/mol. The van der Waals surface area contributed by atoms with Crippen LogP contribution in [0.5, 0.6) is 40.6 Å². The van der Waals surface area contributed by atoms with Gasteiger partial charge >= 0.3 is 6.61 Å². The molecule has 0 bridgehead atoms. The van der Waals surface area contributed by atoms with E-state index in [1.165, 1.54) is 57.2 Å². The zero-order valence-corrected chi connectivity index (χ0v) is 50.8. The molecule has 0 aliphatic heterocycles. The summed E-state index contributed by atoms with van der Waals surface area (Å²) in [5.74, 6) is -3.87. The number of benzene rings is 9. The third-order valence-electron chi connectivity index (χ3n) is 14.2. The molecule has 0 aliphatic rings. The van der Waals surface area contributed by atoms with Gasteiger partial charge in [-0.1, -0.05) is 66.7 Å². The fraction of sp³-hybridized carbons (Fsp3) is 0.0676. The Morgan fingerprint density at radius 1 is 0.368 bits per heavy atom. The van der Waals surface area contributed by atoms with E-state index in [0.29, 0.717) is 78.5 Å². The van der Waals surface area contributed by atoms with Crippen molar-refractivity contribution in [1.29, 1.82) is 0 Å². The highest BCUT2D eigenvalue weighted by atomic mass is 19.3. The summed E-state index contributed by atoms with van der Waals surface area (Å²) in [4.78, 5) is 86.8. The minimum absolute atomic E-state index is 0.0135. The maximum absolute atomic E-state index is 14.1. The molecular formula is C74H53F5N6O10. The van der Waals surface area contributed by atoms with Crippen molar-refractivity contribution in [2.75, 3.05) is 16.0 Å². The van der Waals surface area contributed by atoms with E-state index in [4.69, 9.17) is 14.2 Å². The van der Waals surface area contributed by atoms with Gasteiger partial charge in [0.15, 0.2) is 40.4 Å². The predicted octanol–water partition coefficient (Wildman–Crippen LogP) is 17.8. The highest BCUT2D eigenvalue weighted by Gasteiger charge is 2.23. The van der Waals surface area contributed by atoms with E-state index in [0.717, 1.165) is 17.5 Å². The van der Waals surface area contributed by atoms with Crippen LogP contribution in [0, 0.1) is 24.4 Å². The quantitative estimate of drug-likeness (QED) is 0.0572. The number of rotatable bonds is 17. The maximum Gasteiger partial charge on any atom is 0.387 e. The van der Waals surface area contributed by atoms with Gasteiger partial charge in [0, 0.05) is 56.0 Å². The summed E-state index contributed by atoms with van der Waals surface area (Å²) in [6.07, 6.45) is 0. The molecule has 3 heterocycles. The fourth-order valence-electron chi connectivity index (χ4n) is 9.30. The Labute approximate surface area is 539 Å². The lowest BCUT2D eigenvalue weighted by Gasteiger charge is -2.14. The maximum atomic E-state index is 14.1. The molecule has 3 amide bonds. The zero-order valence-electron chi connectivity index (χ0n) is 50.8.